The SMILES string of the molecule is CN(C)N(C(=O)c1ccc(Cl)cc1)C1CCS(=O)(=O)C1. The summed E-state index contributed by atoms with van der Waals surface area (Å²) in [7, 11) is 0.432. The van der Waals surface area contributed by atoms with Crippen LogP contribution in [0, 0.1) is 0 Å². The second-order valence-corrected chi connectivity index (χ2v) is 7.73. The third kappa shape index (κ3) is 3.31. The Balaban J connectivity index is 2.25. The monoisotopic (exact) mass is 316 g/mol. The highest BCUT2D eigenvalue weighted by Gasteiger charge is 2.36. The molecule has 0 saturated carbocycles. The Kier molecular flexibility index (Phi) is 4.36. The summed E-state index contributed by atoms with van der Waals surface area (Å²) in [6, 6.07) is 6.27. The van der Waals surface area contributed by atoms with Crippen LogP contribution < -0.4 is 0 Å². The van der Waals surface area contributed by atoms with Crippen molar-refractivity contribution in [1.29, 1.82) is 0 Å². The van der Waals surface area contributed by atoms with Crippen LogP contribution in [0.5, 0.6) is 0 Å². The van der Waals surface area contributed by atoms with E-state index in [1.807, 2.05) is 0 Å². The predicted molar refractivity (Wildman–Crippen MR) is 78.4 cm³/mol. The quantitative estimate of drug-likeness (QED) is 0.792. The van der Waals surface area contributed by atoms with Crippen LogP contribution in [0.1, 0.15) is 16.8 Å². The third-order valence-corrected chi connectivity index (χ3v) is 5.29. The molecule has 1 saturated heterocycles. The molecule has 0 aliphatic carbocycles. The molecular formula is C13H17ClN2O3S. The maximum absolute atomic E-state index is 12.5. The van der Waals surface area contributed by atoms with Crippen molar-refractivity contribution in [2.24, 2.45) is 0 Å². The van der Waals surface area contributed by atoms with E-state index in [9.17, 15) is 13.2 Å². The van der Waals surface area contributed by atoms with Crippen molar-refractivity contribution in [3.63, 3.8) is 0 Å². The number of carbonyl (C=O) groups is 1. The van der Waals surface area contributed by atoms with Crippen molar-refractivity contribution in [2.75, 3.05) is 25.6 Å². The number of sulfone groups is 1. The van der Waals surface area contributed by atoms with Crippen LogP contribution in [-0.4, -0.2) is 56.0 Å². The van der Waals surface area contributed by atoms with Crippen molar-refractivity contribution in [3.05, 3.63) is 34.9 Å². The van der Waals surface area contributed by atoms with E-state index in [4.69, 9.17) is 11.6 Å². The van der Waals surface area contributed by atoms with Crippen LogP contribution in [0.4, 0.5) is 0 Å². The first kappa shape index (κ1) is 15.3. The van der Waals surface area contributed by atoms with Crippen molar-refractivity contribution in [3.8, 4) is 0 Å². The number of hydrogen-bond donors (Lipinski definition) is 0. The first-order valence-corrected chi connectivity index (χ1v) is 8.47. The maximum atomic E-state index is 12.5. The second-order valence-electron chi connectivity index (χ2n) is 5.06. The molecule has 1 fully saturated rings. The van der Waals surface area contributed by atoms with E-state index in [1.54, 1.807) is 43.4 Å². The standard InChI is InChI=1S/C13H17ClN2O3S/c1-15(2)16(12-7-8-20(18,19)9-12)13(17)10-3-5-11(14)6-4-10/h3-6,12H,7-9H2,1-2H3. The molecule has 1 amide bonds. The zero-order valence-corrected chi connectivity index (χ0v) is 13.0. The normalized spacial score (nSPS) is 21.1. The Morgan fingerprint density at radius 1 is 1.25 bits per heavy atom. The molecule has 110 valence electrons. The molecule has 1 aromatic rings. The maximum Gasteiger partial charge on any atom is 0.268 e. The summed E-state index contributed by atoms with van der Waals surface area (Å²) >= 11 is 5.81. The Hall–Kier alpha value is -1.11. The van der Waals surface area contributed by atoms with Crippen molar-refractivity contribution in [1.82, 2.24) is 10.0 Å². The van der Waals surface area contributed by atoms with Gasteiger partial charge in [0.2, 0.25) is 0 Å². The van der Waals surface area contributed by atoms with E-state index in [0.717, 1.165) is 0 Å². The van der Waals surface area contributed by atoms with Gasteiger partial charge in [-0.1, -0.05) is 11.6 Å². The average Bonchev–Trinajstić information content (AvgIpc) is 2.70. The van der Waals surface area contributed by atoms with Crippen LogP contribution >= 0.6 is 11.6 Å². The number of carbonyl (C=O) groups excluding carboxylic acids is 1. The van der Waals surface area contributed by atoms with E-state index < -0.39 is 9.84 Å². The van der Waals surface area contributed by atoms with Gasteiger partial charge in [0, 0.05) is 24.7 Å². The molecule has 1 atom stereocenters. The lowest BCUT2D eigenvalue weighted by Gasteiger charge is -2.33. The van der Waals surface area contributed by atoms with Gasteiger partial charge in [-0.25, -0.2) is 13.4 Å². The molecule has 2 rings (SSSR count). The Labute approximate surface area is 124 Å². The van der Waals surface area contributed by atoms with Crippen LogP contribution in [0.2, 0.25) is 5.02 Å². The van der Waals surface area contributed by atoms with Gasteiger partial charge in [0.15, 0.2) is 9.84 Å². The summed E-state index contributed by atoms with van der Waals surface area (Å²) in [6.07, 6.45) is 0.472. The number of nitrogens with zero attached hydrogens (tertiary/aromatic N) is 2. The molecule has 1 aliphatic rings. The van der Waals surface area contributed by atoms with Gasteiger partial charge in [0.25, 0.3) is 5.91 Å². The Bertz CT molecular complexity index is 599. The molecule has 7 heteroatoms. The first-order valence-electron chi connectivity index (χ1n) is 6.27. The lowest BCUT2D eigenvalue weighted by molar-refractivity contribution is 0.00101. The van der Waals surface area contributed by atoms with Gasteiger partial charge in [0.05, 0.1) is 17.5 Å². The average molecular weight is 317 g/mol. The number of amides is 1. The largest absolute Gasteiger partial charge is 0.268 e. The molecule has 1 unspecified atom stereocenters. The Morgan fingerprint density at radius 2 is 1.85 bits per heavy atom. The zero-order valence-electron chi connectivity index (χ0n) is 11.4. The van der Waals surface area contributed by atoms with Crippen LogP contribution in [-0.2, 0) is 9.84 Å². The fraction of sp³-hybridized carbons (Fsp3) is 0.462. The van der Waals surface area contributed by atoms with Crippen LogP contribution in [0.3, 0.4) is 0 Å². The summed E-state index contributed by atoms with van der Waals surface area (Å²) < 4.78 is 23.2. The summed E-state index contributed by atoms with van der Waals surface area (Å²) in [5.74, 6) is -0.0609. The summed E-state index contributed by atoms with van der Waals surface area (Å²) in [5.41, 5.74) is 0.493. The van der Waals surface area contributed by atoms with Gasteiger partial charge in [-0.3, -0.25) is 9.80 Å². The molecule has 0 N–H and O–H groups in total. The number of hydrazine groups is 1. The van der Waals surface area contributed by atoms with Gasteiger partial charge in [-0.2, -0.15) is 0 Å². The van der Waals surface area contributed by atoms with E-state index in [2.05, 4.69) is 0 Å². The van der Waals surface area contributed by atoms with Crippen molar-refractivity contribution < 1.29 is 13.2 Å². The van der Waals surface area contributed by atoms with Crippen molar-refractivity contribution in [2.45, 2.75) is 12.5 Å². The lowest BCUT2D eigenvalue weighted by Crippen LogP contribution is -2.49. The minimum atomic E-state index is -3.04. The van der Waals surface area contributed by atoms with Gasteiger partial charge in [0.1, 0.15) is 0 Å². The highest BCUT2D eigenvalue weighted by atomic mass is 35.5. The third-order valence-electron chi connectivity index (χ3n) is 3.28. The molecule has 1 aliphatic heterocycles. The summed E-state index contributed by atoms with van der Waals surface area (Å²) in [4.78, 5) is 12.5. The highest BCUT2D eigenvalue weighted by Crippen LogP contribution is 2.21. The summed E-state index contributed by atoms with van der Waals surface area (Å²) in [6.45, 7) is 0. The smallest absolute Gasteiger partial charge is 0.268 e. The fourth-order valence-corrected chi connectivity index (χ4v) is 4.19. The molecule has 1 aromatic carbocycles. The van der Waals surface area contributed by atoms with E-state index in [0.29, 0.717) is 17.0 Å². The predicted octanol–water partition coefficient (Wildman–Crippen LogP) is 1.45. The van der Waals surface area contributed by atoms with Gasteiger partial charge in [-0.15, -0.1) is 0 Å². The second kappa shape index (κ2) is 5.71. The number of benzene rings is 1. The molecule has 0 bridgehead atoms. The molecule has 5 nitrogen and oxygen atoms in total. The molecule has 0 radical (unpaired) electrons. The molecular weight excluding hydrogens is 300 g/mol. The number of rotatable bonds is 3. The van der Waals surface area contributed by atoms with Crippen molar-refractivity contribution >= 4 is 27.3 Å². The summed E-state index contributed by atoms with van der Waals surface area (Å²) in [5, 5.41) is 3.71. The molecule has 20 heavy (non-hydrogen) atoms. The highest BCUT2D eigenvalue weighted by molar-refractivity contribution is 7.91. The van der Waals surface area contributed by atoms with Gasteiger partial charge in [-0.05, 0) is 30.7 Å². The molecule has 0 spiro atoms. The minimum absolute atomic E-state index is 0.0184. The Morgan fingerprint density at radius 3 is 2.30 bits per heavy atom. The van der Waals surface area contributed by atoms with E-state index >= 15 is 0 Å². The first-order chi connectivity index (χ1) is 9.30. The number of halogens is 1. The van der Waals surface area contributed by atoms with Crippen LogP contribution in [0.25, 0.3) is 0 Å². The lowest BCUT2D eigenvalue weighted by atomic mass is 10.1. The van der Waals surface area contributed by atoms with E-state index in [1.165, 1.54) is 5.01 Å². The minimum Gasteiger partial charge on any atom is -0.268 e. The molecule has 0 aromatic heterocycles. The van der Waals surface area contributed by atoms with Crippen LogP contribution in [0.15, 0.2) is 24.3 Å². The number of hydrogen-bond acceptors (Lipinski definition) is 4. The zero-order chi connectivity index (χ0) is 14.9. The van der Waals surface area contributed by atoms with Gasteiger partial charge < -0.3 is 0 Å². The van der Waals surface area contributed by atoms with E-state index in [-0.39, 0.29) is 23.5 Å². The fourth-order valence-electron chi connectivity index (χ4n) is 2.37. The van der Waals surface area contributed by atoms with Gasteiger partial charge >= 0.3 is 0 Å². The topological polar surface area (TPSA) is 57.7 Å². The molecule has 1 heterocycles.